The van der Waals surface area contributed by atoms with Crippen LogP contribution in [0, 0.1) is 30.5 Å². The first kappa shape index (κ1) is 30.6. The fraction of sp³-hybridized carbons (Fsp3) is 0.237. The van der Waals surface area contributed by atoms with Crippen molar-refractivity contribution in [3.8, 4) is 23.2 Å². The minimum Gasteiger partial charge on any atom is -0.359 e. The largest absolute Gasteiger partial charge is 0.359 e. The first-order chi connectivity index (χ1) is 21.4. The summed E-state index contributed by atoms with van der Waals surface area (Å²) in [5, 5.41) is 15.8. The maximum atomic E-state index is 14.2. The van der Waals surface area contributed by atoms with E-state index < -0.39 is 0 Å². The number of hydrogen-bond acceptors (Lipinski definition) is 3. The Bertz CT molecular complexity index is 1830. The Balaban J connectivity index is 1.45. The lowest BCUT2D eigenvalue weighted by Gasteiger charge is -2.24. The number of H-pyrrole nitrogens is 2. The molecule has 2 aromatic heterocycles. The number of fused-ring (bicyclic) bond motifs is 1. The molecule has 0 saturated carbocycles. The highest BCUT2D eigenvalue weighted by atomic mass is 19.1. The Morgan fingerprint density at radius 2 is 1.95 bits per heavy atom. The van der Waals surface area contributed by atoms with Gasteiger partial charge >= 0.3 is 0 Å². The highest BCUT2D eigenvalue weighted by Gasteiger charge is 2.18. The van der Waals surface area contributed by atoms with Crippen molar-refractivity contribution in [2.75, 3.05) is 13.1 Å². The standard InChI is InChI=1S/C38H40FN5/c1-6-9-13-33(30-11-10-12-31(39)21-30)34-24-37(42-26(34)5)38-35-23-29(14-15-36(35)43-44-38)28(7-2)22-32(8-3)41-25(4)20-27-16-18-40-19-17-27/h7-8,10-15,21-24,27,40-42H,3-4,16-20H2,1-2,5H3,(H,43,44)/b28-7+,32-22+,33-13-. The van der Waals surface area contributed by atoms with Crippen molar-refractivity contribution in [1.29, 1.82) is 0 Å². The van der Waals surface area contributed by atoms with Gasteiger partial charge in [-0.05, 0) is 130 Å². The van der Waals surface area contributed by atoms with Gasteiger partial charge in [-0.1, -0.05) is 43.4 Å². The average Bonchev–Trinajstić information content (AvgIpc) is 3.62. The summed E-state index contributed by atoms with van der Waals surface area (Å²) < 4.78 is 14.2. The van der Waals surface area contributed by atoms with Crippen LogP contribution in [0.5, 0.6) is 0 Å². The molecule has 0 radical (unpaired) electrons. The second kappa shape index (κ2) is 14.1. The monoisotopic (exact) mass is 585 g/mol. The number of halogens is 1. The van der Waals surface area contributed by atoms with Gasteiger partial charge in [0, 0.05) is 28.0 Å². The van der Waals surface area contributed by atoms with Crippen LogP contribution in [0.3, 0.4) is 0 Å². The van der Waals surface area contributed by atoms with E-state index in [1.807, 2.05) is 32.1 Å². The number of nitrogens with zero attached hydrogens (tertiary/aromatic N) is 1. The van der Waals surface area contributed by atoms with Crippen molar-refractivity contribution in [3.05, 3.63) is 126 Å². The molecule has 224 valence electrons. The molecule has 1 aliphatic rings. The molecule has 44 heavy (non-hydrogen) atoms. The fourth-order valence-corrected chi connectivity index (χ4v) is 5.82. The van der Waals surface area contributed by atoms with E-state index >= 15 is 0 Å². The Hall–Kier alpha value is -4.86. The first-order valence-electron chi connectivity index (χ1n) is 15.1. The van der Waals surface area contributed by atoms with Crippen LogP contribution in [0.4, 0.5) is 4.39 Å². The van der Waals surface area contributed by atoms with Crippen LogP contribution in [0.2, 0.25) is 0 Å². The fourth-order valence-electron chi connectivity index (χ4n) is 5.82. The van der Waals surface area contributed by atoms with Crippen molar-refractivity contribution in [2.45, 2.75) is 40.0 Å². The molecule has 6 heteroatoms. The normalized spacial score (nSPS) is 14.8. The number of aromatic amines is 2. The van der Waals surface area contributed by atoms with E-state index in [0.717, 1.165) is 86.7 Å². The van der Waals surface area contributed by atoms with Crippen molar-refractivity contribution < 1.29 is 4.39 Å². The quantitative estimate of drug-likeness (QED) is 0.112. The van der Waals surface area contributed by atoms with Gasteiger partial charge in [0.05, 0.1) is 11.2 Å². The van der Waals surface area contributed by atoms with E-state index in [0.29, 0.717) is 5.92 Å². The highest BCUT2D eigenvalue weighted by molar-refractivity contribution is 5.96. The van der Waals surface area contributed by atoms with Crippen LogP contribution < -0.4 is 10.6 Å². The molecule has 0 amide bonds. The molecule has 4 N–H and O–H groups in total. The minimum atomic E-state index is -0.285. The van der Waals surface area contributed by atoms with E-state index in [9.17, 15) is 4.39 Å². The average molecular weight is 586 g/mol. The number of piperidine rings is 1. The van der Waals surface area contributed by atoms with Gasteiger partial charge < -0.3 is 15.6 Å². The lowest BCUT2D eigenvalue weighted by atomic mass is 9.93. The number of allylic oxidation sites excluding steroid dienone is 6. The summed E-state index contributed by atoms with van der Waals surface area (Å²) in [5.41, 5.74) is 10.2. The van der Waals surface area contributed by atoms with Gasteiger partial charge in [0.15, 0.2) is 0 Å². The Morgan fingerprint density at radius 3 is 2.68 bits per heavy atom. The molecule has 5 rings (SSSR count). The van der Waals surface area contributed by atoms with Crippen molar-refractivity contribution >= 4 is 22.0 Å². The minimum absolute atomic E-state index is 0.285. The maximum Gasteiger partial charge on any atom is 0.123 e. The molecule has 3 heterocycles. The van der Waals surface area contributed by atoms with Gasteiger partial charge in [0.25, 0.3) is 0 Å². The lowest BCUT2D eigenvalue weighted by molar-refractivity contribution is 0.368. The molecule has 0 bridgehead atoms. The summed E-state index contributed by atoms with van der Waals surface area (Å²) in [6, 6.07) is 15.0. The van der Waals surface area contributed by atoms with E-state index in [-0.39, 0.29) is 5.82 Å². The van der Waals surface area contributed by atoms with Crippen LogP contribution >= 0.6 is 0 Å². The molecule has 1 saturated heterocycles. The molecule has 1 aliphatic heterocycles. The molecule has 4 aromatic rings. The second-order valence-electron chi connectivity index (χ2n) is 11.2. The molecule has 0 unspecified atom stereocenters. The van der Waals surface area contributed by atoms with Gasteiger partial charge in [-0.15, -0.1) is 5.92 Å². The number of rotatable bonds is 10. The molecular weight excluding hydrogens is 545 g/mol. The van der Waals surface area contributed by atoms with Gasteiger partial charge in [-0.3, -0.25) is 5.10 Å². The zero-order chi connectivity index (χ0) is 31.1. The number of hydrogen-bond donors (Lipinski definition) is 4. The number of benzene rings is 2. The molecule has 2 aromatic carbocycles. The van der Waals surface area contributed by atoms with Gasteiger partial charge in [0.2, 0.25) is 0 Å². The predicted octanol–water partition coefficient (Wildman–Crippen LogP) is 8.43. The summed E-state index contributed by atoms with van der Waals surface area (Å²) in [4.78, 5) is 3.51. The first-order valence-corrected chi connectivity index (χ1v) is 15.1. The van der Waals surface area contributed by atoms with E-state index in [1.54, 1.807) is 13.0 Å². The summed E-state index contributed by atoms with van der Waals surface area (Å²) in [6.45, 7) is 16.3. The van der Waals surface area contributed by atoms with Crippen LogP contribution in [0.1, 0.15) is 55.5 Å². The zero-order valence-electron chi connectivity index (χ0n) is 25.8. The maximum absolute atomic E-state index is 14.2. The van der Waals surface area contributed by atoms with Crippen molar-refractivity contribution in [1.82, 2.24) is 25.8 Å². The molecule has 0 spiro atoms. The lowest BCUT2D eigenvalue weighted by Crippen LogP contribution is -2.28. The third-order valence-corrected chi connectivity index (χ3v) is 8.11. The van der Waals surface area contributed by atoms with Gasteiger partial charge in [-0.2, -0.15) is 5.10 Å². The van der Waals surface area contributed by atoms with E-state index in [4.69, 9.17) is 0 Å². The van der Waals surface area contributed by atoms with Crippen LogP contribution in [-0.4, -0.2) is 28.3 Å². The predicted molar refractivity (Wildman–Crippen MR) is 182 cm³/mol. The summed E-state index contributed by atoms with van der Waals surface area (Å²) >= 11 is 0. The zero-order valence-corrected chi connectivity index (χ0v) is 25.8. The van der Waals surface area contributed by atoms with Crippen LogP contribution in [-0.2, 0) is 0 Å². The van der Waals surface area contributed by atoms with Crippen LogP contribution in [0.15, 0.2) is 97.4 Å². The van der Waals surface area contributed by atoms with Gasteiger partial charge in [0.1, 0.15) is 11.5 Å². The third-order valence-electron chi connectivity index (χ3n) is 8.11. The van der Waals surface area contributed by atoms with Crippen molar-refractivity contribution in [2.24, 2.45) is 5.92 Å². The van der Waals surface area contributed by atoms with Crippen LogP contribution in [0.25, 0.3) is 33.4 Å². The summed E-state index contributed by atoms with van der Waals surface area (Å²) in [6.07, 6.45) is 11.2. The topological polar surface area (TPSA) is 68.5 Å². The molecule has 5 nitrogen and oxygen atoms in total. The smallest absolute Gasteiger partial charge is 0.123 e. The Labute approximate surface area is 259 Å². The summed E-state index contributed by atoms with van der Waals surface area (Å²) in [5.74, 6) is 6.34. The van der Waals surface area contributed by atoms with E-state index in [1.165, 1.54) is 25.0 Å². The highest BCUT2D eigenvalue weighted by Crippen LogP contribution is 2.34. The summed E-state index contributed by atoms with van der Waals surface area (Å²) in [7, 11) is 0. The third kappa shape index (κ3) is 7.02. The molecule has 1 fully saturated rings. The van der Waals surface area contributed by atoms with Gasteiger partial charge in [-0.25, -0.2) is 4.39 Å². The second-order valence-corrected chi connectivity index (χ2v) is 11.2. The number of aryl methyl sites for hydroxylation is 1. The SMILES string of the molecule is C=C/C(=C\C(=C/C)c1ccc2[nH]nc(-c3cc(/C(=C\C#CC)c4cccc(F)c4)c(C)[nH]3)c2c1)NC(=C)CC1CCNCC1. The van der Waals surface area contributed by atoms with E-state index in [2.05, 4.69) is 87.2 Å². The molecular formula is C38H40FN5. The number of aromatic nitrogens is 3. The Kier molecular flexibility index (Phi) is 9.79. The van der Waals surface area contributed by atoms with Crippen molar-refractivity contribution in [3.63, 3.8) is 0 Å². The number of nitrogens with one attached hydrogen (secondary N) is 4. The Morgan fingerprint density at radius 1 is 1.14 bits per heavy atom. The molecule has 0 aliphatic carbocycles. The molecule has 0 atom stereocenters.